The molecule has 22 heavy (non-hydrogen) atoms. The molecule has 0 aliphatic heterocycles. The first-order valence-electron chi connectivity index (χ1n) is 7.19. The van der Waals surface area contributed by atoms with E-state index in [-0.39, 0.29) is 5.78 Å². The smallest absolute Gasteiger partial charge is 0.185 e. The van der Waals surface area contributed by atoms with Crippen LogP contribution in [0.3, 0.4) is 0 Å². The number of hydrogen-bond acceptors (Lipinski definition) is 3. The van der Waals surface area contributed by atoms with E-state index in [0.29, 0.717) is 12.2 Å². The number of ketones is 1. The van der Waals surface area contributed by atoms with Crippen LogP contribution in [-0.4, -0.2) is 12.4 Å². The maximum atomic E-state index is 12.2. The molecule has 0 fully saturated rings. The molecule has 3 rings (SSSR count). The van der Waals surface area contributed by atoms with Crippen molar-refractivity contribution in [1.82, 2.24) is 0 Å². The van der Waals surface area contributed by atoms with Crippen LogP contribution < -0.4 is 4.74 Å². The zero-order valence-corrected chi connectivity index (χ0v) is 13.1. The second-order valence-electron chi connectivity index (χ2n) is 4.87. The van der Waals surface area contributed by atoms with Crippen LogP contribution in [0.5, 0.6) is 5.75 Å². The van der Waals surface area contributed by atoms with Gasteiger partial charge in [0.15, 0.2) is 5.78 Å². The molecule has 0 bridgehead atoms. The Morgan fingerprint density at radius 3 is 2.73 bits per heavy atom. The lowest BCUT2D eigenvalue weighted by Crippen LogP contribution is -1.95. The molecule has 2 nitrogen and oxygen atoms in total. The third kappa shape index (κ3) is 3.26. The Labute approximate surface area is 133 Å². The predicted molar refractivity (Wildman–Crippen MR) is 92.8 cm³/mol. The first kappa shape index (κ1) is 14.5. The van der Waals surface area contributed by atoms with Gasteiger partial charge in [0.25, 0.3) is 0 Å². The van der Waals surface area contributed by atoms with E-state index >= 15 is 0 Å². The van der Waals surface area contributed by atoms with Crippen molar-refractivity contribution in [3.05, 3.63) is 71.1 Å². The molecule has 3 heteroatoms. The van der Waals surface area contributed by atoms with E-state index in [4.69, 9.17) is 4.74 Å². The molecule has 0 atom stereocenters. The monoisotopic (exact) mass is 308 g/mol. The Morgan fingerprint density at radius 2 is 1.95 bits per heavy atom. The van der Waals surface area contributed by atoms with Crippen molar-refractivity contribution in [2.24, 2.45) is 0 Å². The average Bonchev–Trinajstić information content (AvgIpc) is 3.01. The topological polar surface area (TPSA) is 26.3 Å². The summed E-state index contributed by atoms with van der Waals surface area (Å²) >= 11 is 1.72. The van der Waals surface area contributed by atoms with E-state index in [1.54, 1.807) is 29.5 Å². The molecule has 1 heterocycles. The summed E-state index contributed by atoms with van der Waals surface area (Å²) in [6, 6.07) is 15.5. The number of ether oxygens (including phenoxy) is 1. The van der Waals surface area contributed by atoms with E-state index in [0.717, 1.165) is 11.3 Å². The minimum absolute atomic E-state index is 0.00605. The van der Waals surface area contributed by atoms with Crippen molar-refractivity contribution in [2.75, 3.05) is 6.61 Å². The van der Waals surface area contributed by atoms with E-state index in [1.165, 1.54) is 10.1 Å². The van der Waals surface area contributed by atoms with Gasteiger partial charge in [0.1, 0.15) is 5.75 Å². The van der Waals surface area contributed by atoms with Gasteiger partial charge in [-0.2, -0.15) is 0 Å². The summed E-state index contributed by atoms with van der Waals surface area (Å²) in [5.41, 5.74) is 1.70. The van der Waals surface area contributed by atoms with Crippen LogP contribution in [0.25, 0.3) is 16.2 Å². The molecule has 0 aliphatic carbocycles. The quantitative estimate of drug-likeness (QED) is 0.478. The molecule has 0 aliphatic rings. The van der Waals surface area contributed by atoms with E-state index in [9.17, 15) is 4.79 Å². The van der Waals surface area contributed by atoms with Crippen LogP contribution in [-0.2, 0) is 0 Å². The summed E-state index contributed by atoms with van der Waals surface area (Å²) < 4.78 is 6.63. The summed E-state index contributed by atoms with van der Waals surface area (Å²) in [7, 11) is 0. The van der Waals surface area contributed by atoms with E-state index in [1.807, 2.05) is 31.2 Å². The molecule has 3 aromatic rings. The molecule has 2 aromatic carbocycles. The first-order valence-corrected chi connectivity index (χ1v) is 8.07. The number of carbonyl (C=O) groups is 1. The Kier molecular flexibility index (Phi) is 4.35. The average molecular weight is 308 g/mol. The molecule has 0 radical (unpaired) electrons. The van der Waals surface area contributed by atoms with Crippen molar-refractivity contribution < 1.29 is 9.53 Å². The third-order valence-electron chi connectivity index (χ3n) is 3.35. The van der Waals surface area contributed by atoms with Crippen molar-refractivity contribution >= 4 is 33.3 Å². The van der Waals surface area contributed by atoms with Crippen LogP contribution in [0.1, 0.15) is 22.8 Å². The van der Waals surface area contributed by atoms with Gasteiger partial charge in [-0.1, -0.05) is 12.1 Å². The maximum absolute atomic E-state index is 12.2. The molecule has 0 unspecified atom stereocenters. The normalized spacial score (nSPS) is 11.1. The summed E-state index contributed by atoms with van der Waals surface area (Å²) in [5, 5.41) is 3.28. The molecule has 0 spiro atoms. The molecule has 0 amide bonds. The zero-order chi connectivity index (χ0) is 15.4. The fraction of sp³-hybridized carbons (Fsp3) is 0.105. The van der Waals surface area contributed by atoms with Gasteiger partial charge >= 0.3 is 0 Å². The summed E-state index contributed by atoms with van der Waals surface area (Å²) in [4.78, 5) is 12.2. The van der Waals surface area contributed by atoms with Gasteiger partial charge in [-0.3, -0.25) is 4.79 Å². The first-order chi connectivity index (χ1) is 10.8. The highest BCUT2D eigenvalue weighted by atomic mass is 32.1. The van der Waals surface area contributed by atoms with Crippen LogP contribution >= 0.6 is 11.3 Å². The number of allylic oxidation sites excluding steroid dienone is 1. The van der Waals surface area contributed by atoms with Crippen LogP contribution in [0, 0.1) is 0 Å². The van der Waals surface area contributed by atoms with Crippen LogP contribution in [0.15, 0.2) is 60.0 Å². The Morgan fingerprint density at radius 1 is 1.14 bits per heavy atom. The predicted octanol–water partition coefficient (Wildman–Crippen LogP) is 5.20. The lowest BCUT2D eigenvalue weighted by molar-refractivity contribution is 0.104. The van der Waals surface area contributed by atoms with Gasteiger partial charge in [0, 0.05) is 10.3 Å². The second-order valence-corrected chi connectivity index (χ2v) is 5.82. The highest BCUT2D eigenvalue weighted by Gasteiger charge is 2.02. The van der Waals surface area contributed by atoms with Crippen LogP contribution in [0.4, 0.5) is 0 Å². The number of hydrogen-bond donors (Lipinski definition) is 0. The van der Waals surface area contributed by atoms with Crippen molar-refractivity contribution in [1.29, 1.82) is 0 Å². The Balaban J connectivity index is 1.74. The SMILES string of the molecule is CCOc1ccc(C(=O)/C=C/c2ccc3sccc3c2)cc1. The van der Waals surface area contributed by atoms with Gasteiger partial charge in [-0.05, 0) is 71.8 Å². The Bertz CT molecular complexity index is 813. The lowest BCUT2D eigenvalue weighted by atomic mass is 10.1. The van der Waals surface area contributed by atoms with Gasteiger partial charge in [-0.25, -0.2) is 0 Å². The summed E-state index contributed by atoms with van der Waals surface area (Å²) in [6.07, 6.45) is 3.47. The second kappa shape index (κ2) is 6.58. The minimum atomic E-state index is -0.00605. The lowest BCUT2D eigenvalue weighted by Gasteiger charge is -2.02. The van der Waals surface area contributed by atoms with Crippen LogP contribution in [0.2, 0.25) is 0 Å². The number of benzene rings is 2. The molecule has 0 saturated carbocycles. The van der Waals surface area contributed by atoms with Crippen molar-refractivity contribution in [3.8, 4) is 5.75 Å². The molecular weight excluding hydrogens is 292 g/mol. The minimum Gasteiger partial charge on any atom is -0.494 e. The van der Waals surface area contributed by atoms with E-state index < -0.39 is 0 Å². The highest BCUT2D eigenvalue weighted by molar-refractivity contribution is 7.17. The van der Waals surface area contributed by atoms with Gasteiger partial charge in [-0.15, -0.1) is 11.3 Å². The fourth-order valence-corrected chi connectivity index (χ4v) is 3.01. The number of fused-ring (bicyclic) bond motifs is 1. The molecule has 110 valence electrons. The van der Waals surface area contributed by atoms with E-state index in [2.05, 4.69) is 23.6 Å². The van der Waals surface area contributed by atoms with Crippen molar-refractivity contribution in [3.63, 3.8) is 0 Å². The van der Waals surface area contributed by atoms with Crippen molar-refractivity contribution in [2.45, 2.75) is 6.92 Å². The molecule has 0 N–H and O–H groups in total. The summed E-state index contributed by atoms with van der Waals surface area (Å²) in [6.45, 7) is 2.56. The van der Waals surface area contributed by atoms with Gasteiger partial charge in [0.2, 0.25) is 0 Å². The third-order valence-corrected chi connectivity index (χ3v) is 4.25. The number of thiophene rings is 1. The number of carbonyl (C=O) groups excluding carboxylic acids is 1. The fourth-order valence-electron chi connectivity index (χ4n) is 2.24. The standard InChI is InChI=1S/C19H16O2S/c1-2-21-17-7-5-15(6-8-17)18(20)9-3-14-4-10-19-16(13-14)11-12-22-19/h3-13H,2H2,1H3/b9-3+. The van der Waals surface area contributed by atoms with Gasteiger partial charge < -0.3 is 4.74 Å². The zero-order valence-electron chi connectivity index (χ0n) is 12.3. The summed E-state index contributed by atoms with van der Waals surface area (Å²) in [5.74, 6) is 0.777. The molecule has 1 aromatic heterocycles. The number of rotatable bonds is 5. The highest BCUT2D eigenvalue weighted by Crippen LogP contribution is 2.22. The Hall–Kier alpha value is -2.39. The molecular formula is C19H16O2S. The molecule has 0 saturated heterocycles. The van der Waals surface area contributed by atoms with Gasteiger partial charge in [0.05, 0.1) is 6.61 Å². The maximum Gasteiger partial charge on any atom is 0.185 e. The largest absolute Gasteiger partial charge is 0.494 e.